The Balaban J connectivity index is 2.07. The van der Waals surface area contributed by atoms with E-state index < -0.39 is 0 Å². The van der Waals surface area contributed by atoms with Crippen LogP contribution in [0.3, 0.4) is 0 Å². The van der Waals surface area contributed by atoms with Crippen molar-refractivity contribution in [2.75, 3.05) is 24.7 Å². The molecule has 1 aromatic rings. The van der Waals surface area contributed by atoms with E-state index in [-0.39, 0.29) is 18.7 Å². The van der Waals surface area contributed by atoms with Crippen LogP contribution in [0, 0.1) is 0 Å². The van der Waals surface area contributed by atoms with Crippen LogP contribution in [0.2, 0.25) is 0 Å². The number of aliphatic hydroxyl groups is 1. The number of likely N-dealkylation sites (tertiary alicyclic amines) is 1. The molecule has 2 rings (SSSR count). The largest absolute Gasteiger partial charge is 0.394 e. The number of benzene rings is 1. The average Bonchev–Trinajstić information content (AvgIpc) is 2.87. The van der Waals surface area contributed by atoms with Crippen LogP contribution in [0.5, 0.6) is 0 Å². The maximum absolute atomic E-state index is 12.1. The molecule has 0 aromatic heterocycles. The van der Waals surface area contributed by atoms with Crippen LogP contribution in [0.15, 0.2) is 29.2 Å². The quantitative estimate of drug-likeness (QED) is 0.826. The minimum Gasteiger partial charge on any atom is -0.394 e. The van der Waals surface area contributed by atoms with E-state index in [4.69, 9.17) is 0 Å². The molecule has 1 aliphatic rings. The Bertz CT molecular complexity index is 425. The predicted molar refractivity (Wildman–Crippen MR) is 74.1 cm³/mol. The van der Waals surface area contributed by atoms with E-state index in [1.54, 1.807) is 16.7 Å². The summed E-state index contributed by atoms with van der Waals surface area (Å²) >= 11 is 1.60. The monoisotopic (exact) mass is 266 g/mol. The standard InChI is InChI=1S/C13H18N2O2S/c1-18-12-7-3-2-6-11(12)14-13(17)15-8-4-5-10(15)9-16/h2-3,6-7,10,16H,4-5,8-9H2,1H3,(H,14,17)/t10-/m0/s1. The highest BCUT2D eigenvalue weighted by Gasteiger charge is 2.28. The fraction of sp³-hybridized carbons (Fsp3) is 0.462. The maximum Gasteiger partial charge on any atom is 0.322 e. The third-order valence-corrected chi connectivity index (χ3v) is 3.99. The maximum atomic E-state index is 12.1. The molecule has 0 radical (unpaired) electrons. The lowest BCUT2D eigenvalue weighted by molar-refractivity contribution is 0.166. The van der Waals surface area contributed by atoms with E-state index in [1.807, 2.05) is 30.5 Å². The molecule has 1 heterocycles. The van der Waals surface area contributed by atoms with E-state index in [0.717, 1.165) is 30.0 Å². The minimum absolute atomic E-state index is 0.0357. The van der Waals surface area contributed by atoms with E-state index in [1.165, 1.54) is 0 Å². The zero-order chi connectivity index (χ0) is 13.0. The second-order valence-corrected chi connectivity index (χ2v) is 5.15. The van der Waals surface area contributed by atoms with Gasteiger partial charge in [0.05, 0.1) is 18.3 Å². The fourth-order valence-corrected chi connectivity index (χ4v) is 2.78. The Morgan fingerprint density at radius 3 is 3.06 bits per heavy atom. The van der Waals surface area contributed by atoms with Gasteiger partial charge in [0, 0.05) is 11.4 Å². The van der Waals surface area contributed by atoms with Gasteiger partial charge in [-0.2, -0.15) is 0 Å². The van der Waals surface area contributed by atoms with Gasteiger partial charge in [-0.15, -0.1) is 11.8 Å². The van der Waals surface area contributed by atoms with Gasteiger partial charge in [0.1, 0.15) is 0 Å². The van der Waals surface area contributed by atoms with Gasteiger partial charge >= 0.3 is 6.03 Å². The number of rotatable bonds is 3. The van der Waals surface area contributed by atoms with E-state index in [0.29, 0.717) is 0 Å². The second kappa shape index (κ2) is 6.11. The first-order chi connectivity index (χ1) is 8.76. The highest BCUT2D eigenvalue weighted by atomic mass is 32.2. The van der Waals surface area contributed by atoms with Gasteiger partial charge in [0.15, 0.2) is 0 Å². The van der Waals surface area contributed by atoms with Gasteiger partial charge in [-0.25, -0.2) is 4.79 Å². The van der Waals surface area contributed by atoms with E-state index in [2.05, 4.69) is 5.32 Å². The Morgan fingerprint density at radius 2 is 2.33 bits per heavy atom. The van der Waals surface area contributed by atoms with Gasteiger partial charge in [-0.1, -0.05) is 12.1 Å². The van der Waals surface area contributed by atoms with Gasteiger partial charge in [0.25, 0.3) is 0 Å². The molecular formula is C13H18N2O2S. The van der Waals surface area contributed by atoms with Crippen LogP contribution in [0.1, 0.15) is 12.8 Å². The van der Waals surface area contributed by atoms with E-state index >= 15 is 0 Å². The molecule has 2 N–H and O–H groups in total. The Morgan fingerprint density at radius 1 is 1.56 bits per heavy atom. The predicted octanol–water partition coefficient (Wildman–Crippen LogP) is 2.40. The summed E-state index contributed by atoms with van der Waals surface area (Å²) in [7, 11) is 0. The molecule has 2 amide bonds. The highest BCUT2D eigenvalue weighted by molar-refractivity contribution is 7.98. The lowest BCUT2D eigenvalue weighted by atomic mass is 10.2. The van der Waals surface area contributed by atoms with Crippen LogP contribution in [-0.2, 0) is 0 Å². The normalized spacial score (nSPS) is 19.0. The number of carbonyl (C=O) groups excluding carboxylic acids is 1. The van der Waals surface area contributed by atoms with Gasteiger partial charge in [-0.05, 0) is 31.2 Å². The topological polar surface area (TPSA) is 52.6 Å². The zero-order valence-corrected chi connectivity index (χ0v) is 11.2. The van der Waals surface area contributed by atoms with Crippen molar-refractivity contribution in [2.45, 2.75) is 23.8 Å². The summed E-state index contributed by atoms with van der Waals surface area (Å²) in [6.07, 6.45) is 3.83. The van der Waals surface area contributed by atoms with Crippen LogP contribution in [0.4, 0.5) is 10.5 Å². The third-order valence-electron chi connectivity index (χ3n) is 3.20. The second-order valence-electron chi connectivity index (χ2n) is 4.30. The summed E-state index contributed by atoms with van der Waals surface area (Å²) in [6, 6.07) is 7.58. The number of thioether (sulfide) groups is 1. The van der Waals surface area contributed by atoms with Crippen LogP contribution >= 0.6 is 11.8 Å². The molecule has 5 heteroatoms. The van der Waals surface area contributed by atoms with Crippen molar-refractivity contribution >= 4 is 23.5 Å². The first kappa shape index (κ1) is 13.2. The number of nitrogens with one attached hydrogen (secondary N) is 1. The summed E-state index contributed by atoms with van der Waals surface area (Å²) in [6.45, 7) is 0.760. The lowest BCUT2D eigenvalue weighted by Gasteiger charge is -2.23. The minimum atomic E-state index is -0.118. The third kappa shape index (κ3) is 2.79. The van der Waals surface area contributed by atoms with Crippen molar-refractivity contribution in [2.24, 2.45) is 0 Å². The van der Waals surface area contributed by atoms with Crippen molar-refractivity contribution in [3.05, 3.63) is 24.3 Å². The van der Waals surface area contributed by atoms with Crippen molar-refractivity contribution in [1.82, 2.24) is 4.90 Å². The smallest absolute Gasteiger partial charge is 0.322 e. The Hall–Kier alpha value is -1.20. The number of urea groups is 1. The fourth-order valence-electron chi connectivity index (χ4n) is 2.23. The summed E-state index contributed by atoms with van der Waals surface area (Å²) in [5, 5.41) is 12.1. The van der Waals surface area contributed by atoms with E-state index in [9.17, 15) is 9.90 Å². The molecular weight excluding hydrogens is 248 g/mol. The Kier molecular flexibility index (Phi) is 4.49. The number of hydrogen-bond donors (Lipinski definition) is 2. The summed E-state index contributed by atoms with van der Waals surface area (Å²) in [4.78, 5) is 14.9. The lowest BCUT2D eigenvalue weighted by Crippen LogP contribution is -2.40. The number of para-hydroxylation sites is 1. The molecule has 1 aromatic carbocycles. The molecule has 98 valence electrons. The molecule has 1 aliphatic heterocycles. The van der Waals surface area contributed by atoms with Gasteiger partial charge in [-0.3, -0.25) is 0 Å². The molecule has 0 unspecified atom stereocenters. The number of anilines is 1. The zero-order valence-electron chi connectivity index (χ0n) is 10.4. The molecule has 1 atom stereocenters. The molecule has 0 aliphatic carbocycles. The van der Waals surface area contributed by atoms with Crippen molar-refractivity contribution in [3.63, 3.8) is 0 Å². The molecule has 4 nitrogen and oxygen atoms in total. The van der Waals surface area contributed by atoms with Crippen molar-refractivity contribution in [3.8, 4) is 0 Å². The van der Waals surface area contributed by atoms with Crippen molar-refractivity contribution in [1.29, 1.82) is 0 Å². The van der Waals surface area contributed by atoms with Crippen LogP contribution in [-0.4, -0.2) is 41.5 Å². The number of aliphatic hydroxyl groups excluding tert-OH is 1. The highest BCUT2D eigenvalue weighted by Crippen LogP contribution is 2.26. The molecule has 18 heavy (non-hydrogen) atoms. The SMILES string of the molecule is CSc1ccccc1NC(=O)N1CCC[C@H]1CO. The average molecular weight is 266 g/mol. The van der Waals surface area contributed by atoms with Crippen LogP contribution < -0.4 is 5.32 Å². The molecule has 0 spiro atoms. The number of carbonyl (C=O) groups is 1. The van der Waals surface area contributed by atoms with Gasteiger partial charge < -0.3 is 15.3 Å². The van der Waals surface area contributed by atoms with Gasteiger partial charge in [0.2, 0.25) is 0 Å². The molecule has 1 saturated heterocycles. The summed E-state index contributed by atoms with van der Waals surface area (Å²) in [5.41, 5.74) is 0.832. The molecule has 0 saturated carbocycles. The molecule has 0 bridgehead atoms. The number of nitrogens with zero attached hydrogens (tertiary/aromatic N) is 1. The summed E-state index contributed by atoms with van der Waals surface area (Å²) < 4.78 is 0. The first-order valence-corrected chi connectivity index (χ1v) is 7.30. The first-order valence-electron chi connectivity index (χ1n) is 6.07. The van der Waals surface area contributed by atoms with Crippen LogP contribution in [0.25, 0.3) is 0 Å². The Labute approximate surface area is 111 Å². The number of amides is 2. The summed E-state index contributed by atoms with van der Waals surface area (Å²) in [5.74, 6) is 0. The molecule has 1 fully saturated rings. The number of hydrogen-bond acceptors (Lipinski definition) is 3. The van der Waals surface area contributed by atoms with Crippen molar-refractivity contribution < 1.29 is 9.90 Å².